The van der Waals surface area contributed by atoms with Crippen molar-refractivity contribution in [3.8, 4) is 0 Å². The smallest absolute Gasteiger partial charge is 0.0698 e. The van der Waals surface area contributed by atoms with Crippen molar-refractivity contribution in [2.45, 2.75) is 49.2 Å². The van der Waals surface area contributed by atoms with Crippen molar-refractivity contribution in [2.24, 2.45) is 0 Å². The number of alkyl halides is 1. The second kappa shape index (κ2) is 2.97. The van der Waals surface area contributed by atoms with Gasteiger partial charge in [0, 0.05) is 3.92 Å². The Morgan fingerprint density at radius 3 is 2.40 bits per heavy atom. The van der Waals surface area contributed by atoms with Crippen LogP contribution in [0.1, 0.15) is 33.6 Å². The van der Waals surface area contributed by atoms with Crippen LogP contribution in [-0.2, 0) is 4.74 Å². The van der Waals surface area contributed by atoms with Crippen LogP contribution in [-0.4, -0.2) is 15.6 Å². The van der Waals surface area contributed by atoms with Crippen molar-refractivity contribution in [1.82, 2.24) is 0 Å². The summed E-state index contributed by atoms with van der Waals surface area (Å²) in [5.74, 6) is 0. The Kier molecular flexibility index (Phi) is 2.61. The summed E-state index contributed by atoms with van der Waals surface area (Å²) in [6.45, 7) is 6.54. The summed E-state index contributed by atoms with van der Waals surface area (Å²) in [6, 6.07) is 0. The van der Waals surface area contributed by atoms with Gasteiger partial charge in [-0.15, -0.1) is 0 Å². The highest BCUT2D eigenvalue weighted by atomic mass is 127. The fraction of sp³-hybridized carbons (Fsp3) is 1.00. The van der Waals surface area contributed by atoms with Crippen molar-refractivity contribution < 1.29 is 4.74 Å². The van der Waals surface area contributed by atoms with Gasteiger partial charge in [0.25, 0.3) is 0 Å². The zero-order chi connectivity index (χ0) is 7.78. The molecule has 10 heavy (non-hydrogen) atoms. The minimum absolute atomic E-state index is 0.131. The normalized spacial score (nSPS) is 38.4. The van der Waals surface area contributed by atoms with E-state index in [-0.39, 0.29) is 5.60 Å². The molecule has 1 aliphatic heterocycles. The SMILES string of the molecule is CC[C@@H]1OC(C)(C)C[C@H]1I. The maximum atomic E-state index is 5.80. The maximum Gasteiger partial charge on any atom is 0.0698 e. The van der Waals surface area contributed by atoms with Crippen LogP contribution in [0.5, 0.6) is 0 Å². The van der Waals surface area contributed by atoms with Crippen LogP contribution >= 0.6 is 22.6 Å². The Morgan fingerprint density at radius 2 is 2.20 bits per heavy atom. The summed E-state index contributed by atoms with van der Waals surface area (Å²) >= 11 is 2.49. The molecular formula is C8H15IO. The molecule has 0 spiro atoms. The van der Waals surface area contributed by atoms with Crippen LogP contribution in [0.2, 0.25) is 0 Å². The molecule has 1 saturated heterocycles. The van der Waals surface area contributed by atoms with Gasteiger partial charge in [-0.05, 0) is 26.7 Å². The zero-order valence-corrected chi connectivity index (χ0v) is 9.01. The van der Waals surface area contributed by atoms with Crippen LogP contribution < -0.4 is 0 Å². The monoisotopic (exact) mass is 254 g/mol. The lowest BCUT2D eigenvalue weighted by Crippen LogP contribution is -2.19. The highest BCUT2D eigenvalue weighted by molar-refractivity contribution is 14.1. The first-order valence-electron chi connectivity index (χ1n) is 3.87. The molecule has 1 heterocycles. The van der Waals surface area contributed by atoms with E-state index in [1.54, 1.807) is 0 Å². The van der Waals surface area contributed by atoms with E-state index in [1.165, 1.54) is 6.42 Å². The van der Waals surface area contributed by atoms with E-state index in [9.17, 15) is 0 Å². The molecular weight excluding hydrogens is 239 g/mol. The first-order chi connectivity index (χ1) is 4.55. The number of halogens is 1. The third-order valence-corrected chi connectivity index (χ3v) is 3.21. The first kappa shape index (κ1) is 8.78. The van der Waals surface area contributed by atoms with Gasteiger partial charge in [-0.25, -0.2) is 0 Å². The molecule has 0 aromatic heterocycles. The van der Waals surface area contributed by atoms with Gasteiger partial charge >= 0.3 is 0 Å². The molecule has 0 bridgehead atoms. The first-order valence-corrected chi connectivity index (χ1v) is 5.11. The van der Waals surface area contributed by atoms with E-state index in [2.05, 4.69) is 43.4 Å². The average Bonchev–Trinajstić information content (AvgIpc) is 2.05. The quantitative estimate of drug-likeness (QED) is 0.516. The van der Waals surface area contributed by atoms with Crippen molar-refractivity contribution in [3.63, 3.8) is 0 Å². The number of hydrogen-bond donors (Lipinski definition) is 0. The Hall–Kier alpha value is 0.690. The Bertz CT molecular complexity index is 122. The van der Waals surface area contributed by atoms with E-state index >= 15 is 0 Å². The summed E-state index contributed by atoms with van der Waals surface area (Å²) in [5.41, 5.74) is 0.131. The topological polar surface area (TPSA) is 9.23 Å². The summed E-state index contributed by atoms with van der Waals surface area (Å²) in [4.78, 5) is 0. The van der Waals surface area contributed by atoms with Crippen LogP contribution in [0.4, 0.5) is 0 Å². The standard InChI is InChI=1S/C8H15IO/c1-4-7-6(9)5-8(2,3)10-7/h6-7H,4-5H2,1-3H3/t6-,7+/m1/s1. The van der Waals surface area contributed by atoms with Crippen LogP contribution in [0.3, 0.4) is 0 Å². The van der Waals surface area contributed by atoms with Gasteiger partial charge in [-0.1, -0.05) is 29.5 Å². The van der Waals surface area contributed by atoms with E-state index in [0.29, 0.717) is 6.10 Å². The molecule has 0 aliphatic carbocycles. The predicted molar refractivity (Wildman–Crippen MR) is 51.7 cm³/mol. The van der Waals surface area contributed by atoms with Gasteiger partial charge in [0.05, 0.1) is 11.7 Å². The summed E-state index contributed by atoms with van der Waals surface area (Å²) in [7, 11) is 0. The van der Waals surface area contributed by atoms with Crippen molar-refractivity contribution in [3.05, 3.63) is 0 Å². The highest BCUT2D eigenvalue weighted by Gasteiger charge is 2.37. The lowest BCUT2D eigenvalue weighted by Gasteiger charge is -2.17. The van der Waals surface area contributed by atoms with Crippen LogP contribution in [0, 0.1) is 0 Å². The summed E-state index contributed by atoms with van der Waals surface area (Å²) in [5, 5.41) is 0. The van der Waals surface area contributed by atoms with Crippen molar-refractivity contribution >= 4 is 22.6 Å². The molecule has 1 nitrogen and oxygen atoms in total. The molecule has 0 unspecified atom stereocenters. The third kappa shape index (κ3) is 1.84. The van der Waals surface area contributed by atoms with Gasteiger partial charge in [0.1, 0.15) is 0 Å². The van der Waals surface area contributed by atoms with E-state index in [0.717, 1.165) is 10.3 Å². The van der Waals surface area contributed by atoms with Crippen LogP contribution in [0.15, 0.2) is 0 Å². The molecule has 0 N–H and O–H groups in total. The zero-order valence-electron chi connectivity index (χ0n) is 6.86. The lowest BCUT2D eigenvalue weighted by molar-refractivity contribution is -0.0151. The molecule has 0 amide bonds. The van der Waals surface area contributed by atoms with Gasteiger partial charge in [0.15, 0.2) is 0 Å². The second-order valence-corrected chi connectivity index (χ2v) is 5.14. The fourth-order valence-corrected chi connectivity index (χ4v) is 3.19. The van der Waals surface area contributed by atoms with Gasteiger partial charge in [-0.3, -0.25) is 0 Å². The fourth-order valence-electron chi connectivity index (χ4n) is 1.47. The average molecular weight is 254 g/mol. The molecule has 2 heteroatoms. The second-order valence-electron chi connectivity index (χ2n) is 3.54. The molecule has 1 aliphatic rings. The Morgan fingerprint density at radius 1 is 1.60 bits per heavy atom. The van der Waals surface area contributed by atoms with Gasteiger partial charge in [-0.2, -0.15) is 0 Å². The van der Waals surface area contributed by atoms with E-state index < -0.39 is 0 Å². The molecule has 60 valence electrons. The van der Waals surface area contributed by atoms with Gasteiger partial charge in [0.2, 0.25) is 0 Å². The molecule has 1 fully saturated rings. The van der Waals surface area contributed by atoms with Gasteiger partial charge < -0.3 is 4.74 Å². The Balaban J connectivity index is 2.52. The molecule has 2 atom stereocenters. The minimum Gasteiger partial charge on any atom is -0.371 e. The summed E-state index contributed by atoms with van der Waals surface area (Å²) < 4.78 is 6.52. The number of rotatable bonds is 1. The molecule has 0 saturated carbocycles. The summed E-state index contributed by atoms with van der Waals surface area (Å²) in [6.07, 6.45) is 2.85. The lowest BCUT2D eigenvalue weighted by atomic mass is 10.1. The maximum absolute atomic E-state index is 5.80. The van der Waals surface area contributed by atoms with Crippen molar-refractivity contribution in [2.75, 3.05) is 0 Å². The van der Waals surface area contributed by atoms with Crippen molar-refractivity contribution in [1.29, 1.82) is 0 Å². The predicted octanol–water partition coefficient (Wildman–Crippen LogP) is 2.77. The Labute approximate surface area is 76.7 Å². The largest absolute Gasteiger partial charge is 0.371 e. The molecule has 0 radical (unpaired) electrons. The van der Waals surface area contributed by atoms with Crippen LogP contribution in [0.25, 0.3) is 0 Å². The van der Waals surface area contributed by atoms with E-state index in [1.807, 2.05) is 0 Å². The highest BCUT2D eigenvalue weighted by Crippen LogP contribution is 2.35. The molecule has 0 aromatic rings. The molecule has 0 aromatic carbocycles. The van der Waals surface area contributed by atoms with E-state index in [4.69, 9.17) is 4.74 Å². The molecule has 1 rings (SSSR count). The minimum atomic E-state index is 0.131. The third-order valence-electron chi connectivity index (χ3n) is 1.96. The number of ether oxygens (including phenoxy) is 1. The number of hydrogen-bond acceptors (Lipinski definition) is 1.